The first kappa shape index (κ1) is 13.7. The summed E-state index contributed by atoms with van der Waals surface area (Å²) in [4.78, 5) is 12.0. The fourth-order valence-electron chi connectivity index (χ4n) is 1.79. The fraction of sp³-hybridized carbons (Fsp3) is 0.133. The lowest BCUT2D eigenvalue weighted by Crippen LogP contribution is -2.08. The molecule has 0 spiro atoms. The number of carbonyl (C=O) groups excluding carboxylic acids is 1. The monoisotopic (exact) mass is 280 g/mol. The summed E-state index contributed by atoms with van der Waals surface area (Å²) in [6.45, 7) is 1.45. The van der Waals surface area contributed by atoms with Crippen LogP contribution in [0.2, 0.25) is 5.02 Å². The normalized spacial score (nSPS) is 10.5. The summed E-state index contributed by atoms with van der Waals surface area (Å²) < 4.78 is 27.1. The number of Topliss-reactive ketones (excluding diaryl/α,β-unsaturated/α-hetero) is 1. The van der Waals surface area contributed by atoms with Crippen molar-refractivity contribution in [3.8, 4) is 0 Å². The number of aryl methyl sites for hydroxylation is 1. The summed E-state index contributed by atoms with van der Waals surface area (Å²) >= 11 is 5.81. The van der Waals surface area contributed by atoms with Crippen LogP contribution in [0.3, 0.4) is 0 Å². The lowest BCUT2D eigenvalue weighted by atomic mass is 10.0. The molecule has 2 aromatic carbocycles. The third-order valence-corrected chi connectivity index (χ3v) is 3.06. The average molecular weight is 281 g/mol. The first-order valence-corrected chi connectivity index (χ1v) is 6.09. The summed E-state index contributed by atoms with van der Waals surface area (Å²) in [6, 6.07) is 9.43. The van der Waals surface area contributed by atoms with Crippen LogP contribution in [-0.4, -0.2) is 5.78 Å². The Morgan fingerprint density at radius 2 is 1.89 bits per heavy atom. The van der Waals surface area contributed by atoms with E-state index in [1.807, 2.05) is 0 Å². The van der Waals surface area contributed by atoms with Gasteiger partial charge in [-0.1, -0.05) is 29.8 Å². The first-order valence-electron chi connectivity index (χ1n) is 5.71. The van der Waals surface area contributed by atoms with Gasteiger partial charge in [-0.2, -0.15) is 0 Å². The molecule has 1 nitrogen and oxygen atoms in total. The molecule has 0 radical (unpaired) electrons. The van der Waals surface area contributed by atoms with Crippen LogP contribution in [0.1, 0.15) is 21.5 Å². The Balaban J connectivity index is 2.28. The molecule has 0 N–H and O–H groups in total. The van der Waals surface area contributed by atoms with E-state index in [-0.39, 0.29) is 17.5 Å². The average Bonchev–Trinajstić information content (AvgIpc) is 2.36. The fourth-order valence-corrected chi connectivity index (χ4v) is 2.00. The van der Waals surface area contributed by atoms with E-state index in [0.29, 0.717) is 10.6 Å². The molecular formula is C15H11ClF2O. The summed E-state index contributed by atoms with van der Waals surface area (Å²) in [5, 5.41) is 0.501. The lowest BCUT2D eigenvalue weighted by Gasteiger charge is -2.06. The van der Waals surface area contributed by atoms with E-state index < -0.39 is 17.4 Å². The quantitative estimate of drug-likeness (QED) is 0.764. The van der Waals surface area contributed by atoms with Gasteiger partial charge in [-0.3, -0.25) is 4.79 Å². The molecule has 0 bridgehead atoms. The van der Waals surface area contributed by atoms with Crippen molar-refractivity contribution in [1.82, 2.24) is 0 Å². The van der Waals surface area contributed by atoms with Crippen LogP contribution < -0.4 is 0 Å². The van der Waals surface area contributed by atoms with Crippen molar-refractivity contribution in [1.29, 1.82) is 0 Å². The summed E-state index contributed by atoms with van der Waals surface area (Å²) in [6.07, 6.45) is -0.0139. The molecule has 0 aliphatic carbocycles. The van der Waals surface area contributed by atoms with Crippen LogP contribution in [0.4, 0.5) is 8.78 Å². The molecule has 0 fully saturated rings. The van der Waals surface area contributed by atoms with E-state index in [4.69, 9.17) is 11.6 Å². The minimum absolute atomic E-state index is 0.0139. The van der Waals surface area contributed by atoms with Crippen molar-refractivity contribution >= 4 is 17.4 Å². The second-order valence-electron chi connectivity index (χ2n) is 4.29. The number of rotatable bonds is 3. The zero-order valence-electron chi connectivity index (χ0n) is 10.2. The number of benzene rings is 2. The maximum absolute atomic E-state index is 13.7. The smallest absolute Gasteiger partial charge is 0.170 e. The van der Waals surface area contributed by atoms with E-state index >= 15 is 0 Å². The molecule has 2 aromatic rings. The van der Waals surface area contributed by atoms with Crippen LogP contribution in [0.5, 0.6) is 0 Å². The summed E-state index contributed by atoms with van der Waals surface area (Å²) in [5.74, 6) is -2.54. The van der Waals surface area contributed by atoms with Gasteiger partial charge in [0, 0.05) is 11.4 Å². The molecule has 0 aromatic heterocycles. The highest BCUT2D eigenvalue weighted by molar-refractivity contribution is 6.30. The molecule has 0 atom stereocenters. The first-order chi connectivity index (χ1) is 8.99. The molecule has 2 rings (SSSR count). The van der Waals surface area contributed by atoms with Gasteiger partial charge in [-0.25, -0.2) is 8.78 Å². The van der Waals surface area contributed by atoms with Crippen LogP contribution in [0, 0.1) is 18.6 Å². The Morgan fingerprint density at radius 3 is 2.58 bits per heavy atom. The third kappa shape index (κ3) is 2.99. The second-order valence-corrected chi connectivity index (χ2v) is 4.72. The van der Waals surface area contributed by atoms with Gasteiger partial charge in [-0.15, -0.1) is 0 Å². The van der Waals surface area contributed by atoms with E-state index in [2.05, 4.69) is 0 Å². The Morgan fingerprint density at radius 1 is 1.16 bits per heavy atom. The Hall–Kier alpha value is -1.74. The lowest BCUT2D eigenvalue weighted by molar-refractivity contribution is 0.0988. The third-order valence-electron chi connectivity index (χ3n) is 2.83. The number of halogens is 3. The molecule has 0 aliphatic heterocycles. The maximum Gasteiger partial charge on any atom is 0.170 e. The van der Waals surface area contributed by atoms with E-state index in [1.54, 1.807) is 24.3 Å². The van der Waals surface area contributed by atoms with Gasteiger partial charge in [0.1, 0.15) is 0 Å². The van der Waals surface area contributed by atoms with Crippen molar-refractivity contribution in [3.05, 3.63) is 69.7 Å². The predicted octanol–water partition coefficient (Wildman–Crippen LogP) is 4.35. The van der Waals surface area contributed by atoms with E-state index in [9.17, 15) is 13.6 Å². The Kier molecular flexibility index (Phi) is 3.96. The van der Waals surface area contributed by atoms with Gasteiger partial charge in [-0.05, 0) is 36.2 Å². The molecule has 4 heteroatoms. The predicted molar refractivity (Wildman–Crippen MR) is 70.6 cm³/mol. The number of carbonyl (C=O) groups is 1. The van der Waals surface area contributed by atoms with Crippen LogP contribution >= 0.6 is 11.6 Å². The molecule has 0 aliphatic rings. The van der Waals surface area contributed by atoms with E-state index in [1.165, 1.54) is 19.1 Å². The largest absolute Gasteiger partial charge is 0.294 e. The van der Waals surface area contributed by atoms with Crippen LogP contribution in [0.25, 0.3) is 0 Å². The van der Waals surface area contributed by atoms with Crippen molar-refractivity contribution in [2.45, 2.75) is 13.3 Å². The molecule has 19 heavy (non-hydrogen) atoms. The van der Waals surface area contributed by atoms with Gasteiger partial charge < -0.3 is 0 Å². The number of hydrogen-bond donors (Lipinski definition) is 0. The van der Waals surface area contributed by atoms with Gasteiger partial charge in [0.2, 0.25) is 0 Å². The topological polar surface area (TPSA) is 17.1 Å². The van der Waals surface area contributed by atoms with Gasteiger partial charge in [0.05, 0.1) is 5.56 Å². The molecule has 0 amide bonds. The minimum atomic E-state index is -1.09. The van der Waals surface area contributed by atoms with Crippen molar-refractivity contribution in [2.75, 3.05) is 0 Å². The van der Waals surface area contributed by atoms with Gasteiger partial charge in [0.25, 0.3) is 0 Å². The molecule has 0 saturated heterocycles. The van der Waals surface area contributed by atoms with E-state index in [0.717, 1.165) is 0 Å². The molecule has 0 saturated carbocycles. The SMILES string of the molecule is Cc1ccc(C(=O)Cc2cccc(Cl)c2)c(F)c1F. The van der Waals surface area contributed by atoms with Gasteiger partial charge in [0.15, 0.2) is 17.4 Å². The maximum atomic E-state index is 13.7. The summed E-state index contributed by atoms with van der Waals surface area (Å²) in [5.41, 5.74) is 0.609. The molecule has 98 valence electrons. The van der Waals surface area contributed by atoms with Gasteiger partial charge >= 0.3 is 0 Å². The Labute approximate surface area is 114 Å². The van der Waals surface area contributed by atoms with Crippen LogP contribution in [-0.2, 0) is 6.42 Å². The number of ketones is 1. The summed E-state index contributed by atoms with van der Waals surface area (Å²) in [7, 11) is 0. The van der Waals surface area contributed by atoms with Crippen molar-refractivity contribution < 1.29 is 13.6 Å². The number of hydrogen-bond acceptors (Lipinski definition) is 1. The highest BCUT2D eigenvalue weighted by Gasteiger charge is 2.17. The van der Waals surface area contributed by atoms with Crippen LogP contribution in [0.15, 0.2) is 36.4 Å². The van der Waals surface area contributed by atoms with Crippen molar-refractivity contribution in [2.24, 2.45) is 0 Å². The highest BCUT2D eigenvalue weighted by Crippen LogP contribution is 2.18. The molecule has 0 unspecified atom stereocenters. The zero-order chi connectivity index (χ0) is 14.0. The standard InChI is InChI=1S/C15H11ClF2O/c1-9-5-6-12(15(18)14(9)17)13(19)8-10-3-2-4-11(16)7-10/h2-7H,8H2,1H3. The highest BCUT2D eigenvalue weighted by atomic mass is 35.5. The zero-order valence-corrected chi connectivity index (χ0v) is 11.0. The molecular weight excluding hydrogens is 270 g/mol. The minimum Gasteiger partial charge on any atom is -0.294 e. The second kappa shape index (κ2) is 5.49. The molecule has 0 heterocycles. The Bertz CT molecular complexity index is 638. The van der Waals surface area contributed by atoms with Crippen molar-refractivity contribution in [3.63, 3.8) is 0 Å².